The average Bonchev–Trinajstić information content (AvgIpc) is 3.34. The fourth-order valence-electron chi connectivity index (χ4n) is 7.52. The minimum absolute atomic E-state index is 0.0115. The van der Waals surface area contributed by atoms with Crippen LogP contribution >= 0.6 is 0 Å². The Morgan fingerprint density at radius 2 is 1.12 bits per heavy atom. The maximum absolute atomic E-state index is 12.6. The standard InChI is InChI=1S/C45H48O27/c46-13-26-33(55)36(58)39(61)43(70-26)67-23-7-17(8-24(32(23)54)68-44-40(62)37(59)34(56)27(71-44)14-64-30(52)6-3-16-1-4-18(47)5-2-16)42-25(11-20-21(49)9-19(48)10-22(20)66-42)69-45-41(63)38(60)35(57)28(72-45)15-65-31(53)12-29(50)51/h1-11,26-28,33-41,43-47,49,54-63H,12-15H2,(H,50,51)/p+1/t26-,27+,28+,33+,34+,35+,36-,37-,38-,39-,40+,41+,43+,44+,45+/m0/s1. The van der Waals surface area contributed by atoms with Crippen LogP contribution in [0.5, 0.6) is 34.5 Å². The molecule has 15 atom stereocenters. The molecule has 0 spiro atoms. The van der Waals surface area contributed by atoms with Gasteiger partial charge in [-0.15, -0.1) is 0 Å². The third-order valence-electron chi connectivity index (χ3n) is 11.4. The van der Waals surface area contributed by atoms with Crippen molar-refractivity contribution < 1.29 is 128 Å². The average molecular weight is 1020 g/mol. The summed E-state index contributed by atoms with van der Waals surface area (Å²) in [5.41, 5.74) is -0.849. The molecule has 2 aromatic rings. The minimum atomic E-state index is -2.13. The summed E-state index contributed by atoms with van der Waals surface area (Å²) < 4.78 is 50.6. The number of carboxylic acids is 1. The van der Waals surface area contributed by atoms with Crippen LogP contribution in [-0.2, 0) is 33.3 Å². The highest BCUT2D eigenvalue weighted by Crippen LogP contribution is 2.48. The zero-order chi connectivity index (χ0) is 52.3. The second-order valence-electron chi connectivity index (χ2n) is 16.5. The van der Waals surface area contributed by atoms with Crippen molar-refractivity contribution in [2.75, 3.05) is 19.8 Å². The first-order valence-corrected chi connectivity index (χ1v) is 21.5. The van der Waals surface area contributed by atoms with E-state index in [1.54, 1.807) is 0 Å². The zero-order valence-corrected chi connectivity index (χ0v) is 36.9. The van der Waals surface area contributed by atoms with E-state index in [0.717, 1.165) is 36.4 Å². The van der Waals surface area contributed by atoms with E-state index >= 15 is 0 Å². The molecule has 72 heavy (non-hydrogen) atoms. The molecule has 3 fully saturated rings. The van der Waals surface area contributed by atoms with E-state index in [1.165, 1.54) is 30.3 Å². The van der Waals surface area contributed by atoms with Gasteiger partial charge < -0.3 is 119 Å². The third-order valence-corrected chi connectivity index (χ3v) is 11.4. The van der Waals surface area contributed by atoms with Crippen LogP contribution in [0.15, 0.2) is 69.9 Å². The lowest BCUT2D eigenvalue weighted by atomic mass is 9.99. The molecule has 0 bridgehead atoms. The Balaban J connectivity index is 1.27. The van der Waals surface area contributed by atoms with Crippen molar-refractivity contribution in [2.45, 2.75) is 98.5 Å². The van der Waals surface area contributed by atoms with Crippen molar-refractivity contribution in [1.29, 1.82) is 0 Å². The van der Waals surface area contributed by atoms with Crippen LogP contribution in [0.25, 0.3) is 28.7 Å². The van der Waals surface area contributed by atoms with Crippen LogP contribution < -0.4 is 19.6 Å². The van der Waals surface area contributed by atoms with Crippen molar-refractivity contribution >= 4 is 24.0 Å². The Bertz CT molecular complexity index is 2620. The number of aliphatic hydroxyl groups excluding tert-OH is 10. The molecule has 4 heterocycles. The molecule has 5 aliphatic rings. The Morgan fingerprint density at radius 3 is 1.65 bits per heavy atom. The summed E-state index contributed by atoms with van der Waals surface area (Å²) in [6, 6.07) is 10.4. The van der Waals surface area contributed by atoms with Gasteiger partial charge in [0, 0.05) is 17.7 Å². The first-order chi connectivity index (χ1) is 34.1. The second-order valence-corrected chi connectivity index (χ2v) is 16.5. The highest BCUT2D eigenvalue weighted by Gasteiger charge is 2.49. The van der Waals surface area contributed by atoms with E-state index in [4.69, 9.17) is 47.4 Å². The van der Waals surface area contributed by atoms with E-state index in [0.29, 0.717) is 5.56 Å². The number of phenolic OH excluding ortho intramolecular Hbond substituents is 3. The molecule has 2 aromatic carbocycles. The Morgan fingerprint density at radius 1 is 0.625 bits per heavy atom. The smallest absolute Gasteiger partial charge is 0.508 e. The number of aliphatic hydroxyl groups is 10. The summed E-state index contributed by atoms with van der Waals surface area (Å²) >= 11 is 0. The van der Waals surface area contributed by atoms with E-state index in [1.807, 2.05) is 0 Å². The van der Waals surface area contributed by atoms with E-state index in [9.17, 15) is 85.6 Å². The lowest BCUT2D eigenvalue weighted by Crippen LogP contribution is -2.60. The molecule has 15 N–H and O–H groups in total. The van der Waals surface area contributed by atoms with Gasteiger partial charge in [0.05, 0.1) is 18.2 Å². The van der Waals surface area contributed by atoms with Crippen molar-refractivity contribution in [3.63, 3.8) is 0 Å². The van der Waals surface area contributed by atoms with Crippen LogP contribution in [0.4, 0.5) is 0 Å². The van der Waals surface area contributed by atoms with Gasteiger partial charge in [-0.05, 0) is 42.0 Å². The number of rotatable bonds is 16. The molecule has 390 valence electrons. The first kappa shape index (κ1) is 53.1. The van der Waals surface area contributed by atoms with Gasteiger partial charge in [-0.1, -0.05) is 12.1 Å². The highest BCUT2D eigenvalue weighted by molar-refractivity contribution is 5.90. The number of esters is 2. The van der Waals surface area contributed by atoms with Gasteiger partial charge in [0.1, 0.15) is 97.4 Å². The molecule has 1 aliphatic carbocycles. The summed E-state index contributed by atoms with van der Waals surface area (Å²) in [6.45, 7) is -2.49. The van der Waals surface area contributed by atoms with Crippen LogP contribution in [-0.4, -0.2) is 206 Å². The zero-order valence-electron chi connectivity index (χ0n) is 36.9. The number of phenols is 3. The molecule has 0 aromatic heterocycles. The number of hydrogen-bond acceptors (Lipinski definition) is 25. The number of carbonyl (C=O) groups is 2. The molecular weight excluding hydrogens is 972 g/mol. The van der Waals surface area contributed by atoms with Gasteiger partial charge in [-0.25, -0.2) is 0 Å². The first-order valence-electron chi connectivity index (χ1n) is 21.5. The minimum Gasteiger partial charge on any atom is -0.508 e. The third kappa shape index (κ3) is 11.8. The number of carbonyl (C=O) groups excluding carboxylic acids is 2. The SMILES string of the molecule is O=C(O)CC(=O)OC[C@H]1O[C@@H](Oc2cc3c(O)cc(=O)cc-3oc2-c2cc(O[C@@H]3O[C@@H](CO)[C@@H](O)[C@H](O)[C@@H]3O)c(O)c(O[C@@H]3O[C@H](COC(=[OH+])C=Cc4ccc(O)cc4)[C@@H](O)[C@H](O)[C@H]3O)c2)[C@H](O)[C@@H](O)[C@@H]1O. The summed E-state index contributed by atoms with van der Waals surface area (Å²) in [5, 5.41) is 148. The number of ether oxygens (including phenoxy) is 8. The number of fused-ring (bicyclic) bond motifs is 1. The van der Waals surface area contributed by atoms with Crippen LogP contribution in [0.3, 0.4) is 0 Å². The fraction of sp³-hybridized carbons (Fsp3) is 0.422. The molecule has 0 radical (unpaired) electrons. The van der Waals surface area contributed by atoms with Gasteiger partial charge in [0.2, 0.25) is 31.2 Å². The molecule has 7 rings (SSSR count). The summed E-state index contributed by atoms with van der Waals surface area (Å²) in [6.07, 6.45) is -27.8. The number of carboxylic acid groups (broad SMARTS) is 1. The van der Waals surface area contributed by atoms with E-state index in [-0.39, 0.29) is 22.6 Å². The molecular formula is C45H49O27+. The fourth-order valence-corrected chi connectivity index (χ4v) is 7.52. The van der Waals surface area contributed by atoms with Gasteiger partial charge in [0.25, 0.3) is 0 Å². The maximum Gasteiger partial charge on any atom is 0.510 e. The van der Waals surface area contributed by atoms with Crippen molar-refractivity contribution in [2.24, 2.45) is 0 Å². The van der Waals surface area contributed by atoms with Crippen LogP contribution in [0.2, 0.25) is 0 Å². The van der Waals surface area contributed by atoms with Crippen molar-refractivity contribution in [3.05, 3.63) is 76.5 Å². The largest absolute Gasteiger partial charge is 0.510 e. The van der Waals surface area contributed by atoms with Crippen LogP contribution in [0, 0.1) is 0 Å². The molecule has 27 nitrogen and oxygen atoms in total. The molecule has 0 saturated carbocycles. The molecule has 0 amide bonds. The molecule has 0 unspecified atom stereocenters. The Kier molecular flexibility index (Phi) is 16.5. The Hall–Kier alpha value is -6.70. The van der Waals surface area contributed by atoms with Crippen molar-refractivity contribution in [1.82, 2.24) is 0 Å². The molecule has 3 saturated heterocycles. The maximum atomic E-state index is 12.6. The molecule has 27 heteroatoms. The number of aliphatic carboxylic acids is 1. The lowest BCUT2D eigenvalue weighted by Gasteiger charge is -2.40. The van der Waals surface area contributed by atoms with Crippen molar-refractivity contribution in [3.8, 4) is 57.1 Å². The summed E-state index contributed by atoms with van der Waals surface area (Å²) in [4.78, 5) is 46.0. The van der Waals surface area contributed by atoms with E-state index in [2.05, 4.69) is 0 Å². The van der Waals surface area contributed by atoms with Crippen LogP contribution in [0.1, 0.15) is 12.0 Å². The number of benzene rings is 3. The summed E-state index contributed by atoms with van der Waals surface area (Å²) in [7, 11) is 0. The number of aromatic hydroxyl groups is 3. The van der Waals surface area contributed by atoms with Gasteiger partial charge in [0.15, 0.2) is 34.5 Å². The quantitative estimate of drug-likeness (QED) is 0.0222. The van der Waals surface area contributed by atoms with Gasteiger partial charge in [-0.2, -0.15) is 0 Å². The summed E-state index contributed by atoms with van der Waals surface area (Å²) in [5.74, 6) is -8.27. The predicted molar refractivity (Wildman–Crippen MR) is 233 cm³/mol. The lowest BCUT2D eigenvalue weighted by molar-refractivity contribution is -0.278. The molecule has 4 aliphatic heterocycles. The topological polar surface area (TPSA) is 443 Å². The normalized spacial score (nSPS) is 30.7. The predicted octanol–water partition coefficient (Wildman–Crippen LogP) is -3.67. The monoisotopic (exact) mass is 1020 g/mol. The second kappa shape index (κ2) is 22.4. The van der Waals surface area contributed by atoms with Gasteiger partial charge >= 0.3 is 17.9 Å². The highest BCUT2D eigenvalue weighted by atomic mass is 16.7. The number of hydrogen-bond donors (Lipinski definition) is 14. The van der Waals surface area contributed by atoms with Gasteiger partial charge in [-0.3, -0.25) is 14.4 Å². The van der Waals surface area contributed by atoms with E-state index < -0.39 is 176 Å². The Labute approximate surface area is 403 Å².